The largest absolute Gasteiger partial charge is 0.309 e. The Morgan fingerprint density at radius 1 is 1.15 bits per heavy atom. The summed E-state index contributed by atoms with van der Waals surface area (Å²) < 4.78 is 0. The average Bonchev–Trinajstić information content (AvgIpc) is 2.40. The number of benzene rings is 1. The third-order valence-electron chi connectivity index (χ3n) is 4.82. The third kappa shape index (κ3) is 3.50. The molecule has 2 heterocycles. The minimum Gasteiger partial charge on any atom is -0.309 e. The van der Waals surface area contributed by atoms with E-state index in [0.717, 1.165) is 19.0 Å². The van der Waals surface area contributed by atoms with Crippen LogP contribution < -0.4 is 5.32 Å². The second-order valence-electron chi connectivity index (χ2n) is 6.40. The number of hydrogen-bond acceptors (Lipinski definition) is 2. The molecule has 0 atom stereocenters. The smallest absolute Gasteiger partial charge is 0.0193 e. The first kappa shape index (κ1) is 13.8. The van der Waals surface area contributed by atoms with Gasteiger partial charge in [0.25, 0.3) is 0 Å². The van der Waals surface area contributed by atoms with Gasteiger partial charge in [0.05, 0.1) is 0 Å². The van der Waals surface area contributed by atoms with Gasteiger partial charge in [0.1, 0.15) is 0 Å². The van der Waals surface area contributed by atoms with Crippen LogP contribution in [0.15, 0.2) is 41.5 Å². The molecule has 2 heteroatoms. The van der Waals surface area contributed by atoms with Gasteiger partial charge in [-0.15, -0.1) is 0 Å². The lowest BCUT2D eigenvalue weighted by Gasteiger charge is -2.33. The zero-order valence-corrected chi connectivity index (χ0v) is 12.6. The molecule has 2 aliphatic rings. The lowest BCUT2D eigenvalue weighted by atomic mass is 9.90. The normalized spacial score (nSPS) is 20.8. The average molecular weight is 270 g/mol. The quantitative estimate of drug-likeness (QED) is 0.846. The summed E-state index contributed by atoms with van der Waals surface area (Å²) >= 11 is 0. The van der Waals surface area contributed by atoms with Gasteiger partial charge >= 0.3 is 0 Å². The topological polar surface area (TPSA) is 15.3 Å². The fourth-order valence-corrected chi connectivity index (χ4v) is 3.30. The first-order valence-corrected chi connectivity index (χ1v) is 7.96. The molecule has 0 saturated carbocycles. The van der Waals surface area contributed by atoms with E-state index in [1.807, 2.05) is 0 Å². The molecule has 0 aromatic heterocycles. The van der Waals surface area contributed by atoms with Crippen LogP contribution in [0.25, 0.3) is 0 Å². The Morgan fingerprint density at radius 3 is 2.45 bits per heavy atom. The molecule has 0 aliphatic carbocycles. The fourth-order valence-electron chi connectivity index (χ4n) is 3.30. The second kappa shape index (κ2) is 6.55. The van der Waals surface area contributed by atoms with Crippen LogP contribution in [0.4, 0.5) is 0 Å². The highest BCUT2D eigenvalue weighted by atomic mass is 15.1. The molecule has 3 rings (SSSR count). The molecule has 2 nitrogen and oxygen atoms in total. The van der Waals surface area contributed by atoms with E-state index in [9.17, 15) is 0 Å². The van der Waals surface area contributed by atoms with Crippen LogP contribution in [-0.4, -0.2) is 37.6 Å². The van der Waals surface area contributed by atoms with Crippen LogP contribution >= 0.6 is 0 Å². The van der Waals surface area contributed by atoms with Crippen LogP contribution in [0.5, 0.6) is 0 Å². The summed E-state index contributed by atoms with van der Waals surface area (Å²) in [6.07, 6.45) is 3.98. The van der Waals surface area contributed by atoms with Gasteiger partial charge in [-0.2, -0.15) is 0 Å². The number of piperidine rings is 1. The zero-order chi connectivity index (χ0) is 13.8. The van der Waals surface area contributed by atoms with Gasteiger partial charge in [0.15, 0.2) is 0 Å². The van der Waals surface area contributed by atoms with Gasteiger partial charge in [0.2, 0.25) is 0 Å². The zero-order valence-electron chi connectivity index (χ0n) is 12.6. The molecule has 0 unspecified atom stereocenters. The molecular formula is C18H26N2. The van der Waals surface area contributed by atoms with Crippen molar-refractivity contribution in [3.63, 3.8) is 0 Å². The van der Waals surface area contributed by atoms with Gasteiger partial charge in [-0.1, -0.05) is 35.9 Å². The summed E-state index contributed by atoms with van der Waals surface area (Å²) in [6.45, 7) is 8.29. The van der Waals surface area contributed by atoms with Crippen LogP contribution in [0.2, 0.25) is 0 Å². The van der Waals surface area contributed by atoms with Crippen molar-refractivity contribution < 1.29 is 0 Å². The van der Waals surface area contributed by atoms with Gasteiger partial charge in [-0.25, -0.2) is 0 Å². The maximum Gasteiger partial charge on any atom is 0.0193 e. The van der Waals surface area contributed by atoms with E-state index in [1.54, 1.807) is 11.1 Å². The molecule has 1 N–H and O–H groups in total. The Labute approximate surface area is 122 Å². The summed E-state index contributed by atoms with van der Waals surface area (Å²) in [5.74, 6) is 0.881. The van der Waals surface area contributed by atoms with Gasteiger partial charge in [0, 0.05) is 19.6 Å². The van der Waals surface area contributed by atoms with Crippen molar-refractivity contribution in [1.29, 1.82) is 0 Å². The van der Waals surface area contributed by atoms with Gasteiger partial charge < -0.3 is 5.32 Å². The molecule has 108 valence electrons. The summed E-state index contributed by atoms with van der Waals surface area (Å²) in [5.41, 5.74) is 4.74. The highest BCUT2D eigenvalue weighted by Gasteiger charge is 2.20. The molecule has 20 heavy (non-hydrogen) atoms. The number of nitrogens with zero attached hydrogens (tertiary/aromatic N) is 1. The van der Waals surface area contributed by atoms with E-state index in [2.05, 4.69) is 47.5 Å². The van der Waals surface area contributed by atoms with Crippen molar-refractivity contribution in [2.45, 2.75) is 26.2 Å². The molecule has 0 amide bonds. The van der Waals surface area contributed by atoms with Crippen molar-refractivity contribution in [1.82, 2.24) is 10.2 Å². The standard InChI is InChI=1S/C18H26N2/c1-15(18-12-19-13-18)14-20-9-7-17(8-10-20)11-16-5-3-2-4-6-16/h2-6,17,19H,7-14H2,1H3. The van der Waals surface area contributed by atoms with E-state index < -0.39 is 0 Å². The predicted molar refractivity (Wildman–Crippen MR) is 84.9 cm³/mol. The SMILES string of the molecule is CC(CN1CCC(Cc2ccccc2)CC1)=C1CNC1. The van der Waals surface area contributed by atoms with E-state index >= 15 is 0 Å². The first-order chi connectivity index (χ1) is 9.81. The van der Waals surface area contributed by atoms with E-state index in [4.69, 9.17) is 0 Å². The van der Waals surface area contributed by atoms with Crippen LogP contribution in [0.3, 0.4) is 0 Å². The third-order valence-corrected chi connectivity index (χ3v) is 4.82. The Balaban J connectivity index is 1.45. The summed E-state index contributed by atoms with van der Waals surface area (Å²) in [7, 11) is 0. The second-order valence-corrected chi connectivity index (χ2v) is 6.40. The van der Waals surface area contributed by atoms with E-state index in [0.29, 0.717) is 0 Å². The lowest BCUT2D eigenvalue weighted by Crippen LogP contribution is -2.39. The van der Waals surface area contributed by atoms with Crippen LogP contribution in [0.1, 0.15) is 25.3 Å². The number of rotatable bonds is 4. The van der Waals surface area contributed by atoms with Gasteiger partial charge in [-0.05, 0) is 56.3 Å². The van der Waals surface area contributed by atoms with Crippen molar-refractivity contribution >= 4 is 0 Å². The molecule has 1 aromatic rings. The Hall–Kier alpha value is -1.12. The maximum absolute atomic E-state index is 3.34. The fraction of sp³-hybridized carbons (Fsp3) is 0.556. The molecule has 0 bridgehead atoms. The minimum atomic E-state index is 0.881. The van der Waals surface area contributed by atoms with Crippen LogP contribution in [-0.2, 0) is 6.42 Å². The maximum atomic E-state index is 3.34. The molecule has 0 radical (unpaired) electrons. The summed E-state index contributed by atoms with van der Waals surface area (Å²) in [5, 5.41) is 3.34. The van der Waals surface area contributed by atoms with E-state index in [1.165, 1.54) is 44.5 Å². The van der Waals surface area contributed by atoms with Crippen molar-refractivity contribution in [3.8, 4) is 0 Å². The Bertz CT molecular complexity index is 450. The predicted octanol–water partition coefficient (Wildman–Crippen LogP) is 2.86. The molecule has 2 fully saturated rings. The molecule has 2 aliphatic heterocycles. The Kier molecular flexibility index (Phi) is 4.54. The summed E-state index contributed by atoms with van der Waals surface area (Å²) in [4.78, 5) is 2.64. The van der Waals surface area contributed by atoms with Crippen molar-refractivity contribution in [3.05, 3.63) is 47.0 Å². The van der Waals surface area contributed by atoms with Gasteiger partial charge in [-0.3, -0.25) is 4.90 Å². The lowest BCUT2D eigenvalue weighted by molar-refractivity contribution is 0.196. The Morgan fingerprint density at radius 2 is 1.85 bits per heavy atom. The molecule has 1 aromatic carbocycles. The number of likely N-dealkylation sites (tertiary alicyclic amines) is 1. The highest BCUT2D eigenvalue weighted by molar-refractivity contribution is 5.22. The summed E-state index contributed by atoms with van der Waals surface area (Å²) in [6, 6.07) is 11.0. The molecule has 0 spiro atoms. The molecular weight excluding hydrogens is 244 g/mol. The van der Waals surface area contributed by atoms with Crippen molar-refractivity contribution in [2.75, 3.05) is 32.7 Å². The number of hydrogen-bond donors (Lipinski definition) is 1. The van der Waals surface area contributed by atoms with E-state index in [-0.39, 0.29) is 0 Å². The first-order valence-electron chi connectivity index (χ1n) is 7.96. The minimum absolute atomic E-state index is 0.881. The number of nitrogens with one attached hydrogen (secondary N) is 1. The van der Waals surface area contributed by atoms with Crippen molar-refractivity contribution in [2.24, 2.45) is 5.92 Å². The van der Waals surface area contributed by atoms with Crippen LogP contribution in [0, 0.1) is 5.92 Å². The highest BCUT2D eigenvalue weighted by Crippen LogP contribution is 2.22. The monoisotopic (exact) mass is 270 g/mol. The molecule has 2 saturated heterocycles.